The summed E-state index contributed by atoms with van der Waals surface area (Å²) in [6, 6.07) is 6.68. The van der Waals surface area contributed by atoms with Crippen LogP contribution < -0.4 is 5.32 Å². The van der Waals surface area contributed by atoms with Gasteiger partial charge in [-0.3, -0.25) is 0 Å². The van der Waals surface area contributed by atoms with Gasteiger partial charge >= 0.3 is 0 Å². The minimum absolute atomic E-state index is 0.373. The number of halogens is 2. The molecule has 1 N–H and O–H groups in total. The summed E-state index contributed by atoms with van der Waals surface area (Å²) in [4.78, 5) is 0. The number of benzene rings is 1. The number of hydrogen-bond donors (Lipinski definition) is 1. The fraction of sp³-hybridized carbons (Fsp3) is 0.417. The van der Waals surface area contributed by atoms with Gasteiger partial charge in [0.25, 0.3) is 0 Å². The predicted octanol–water partition coefficient (Wildman–Crippen LogP) is 3.83. The highest BCUT2D eigenvalue weighted by molar-refractivity contribution is 6.30. The van der Waals surface area contributed by atoms with Gasteiger partial charge in [0.15, 0.2) is 0 Å². The van der Waals surface area contributed by atoms with Gasteiger partial charge in [-0.2, -0.15) is 5.26 Å². The Morgan fingerprint density at radius 2 is 2.19 bits per heavy atom. The average molecular weight is 241 g/mol. The van der Waals surface area contributed by atoms with Crippen LogP contribution in [0.4, 0.5) is 10.1 Å². The van der Waals surface area contributed by atoms with E-state index in [1.807, 2.05) is 13.8 Å². The molecule has 86 valence electrons. The Balaban J connectivity index is 2.53. The molecule has 0 aliphatic carbocycles. The number of nitrogens with one attached hydrogen (secondary N) is 1. The lowest BCUT2D eigenvalue weighted by Crippen LogP contribution is -2.15. The van der Waals surface area contributed by atoms with E-state index in [1.54, 1.807) is 12.1 Å². The summed E-state index contributed by atoms with van der Waals surface area (Å²) in [5.41, 5.74) is 0.0220. The van der Waals surface area contributed by atoms with E-state index in [9.17, 15) is 4.39 Å². The SMILES string of the molecule is CC(C)(C#N)CCNc1ccc(Cl)cc1F. The molecule has 1 aromatic carbocycles. The smallest absolute Gasteiger partial charge is 0.147 e. The fourth-order valence-corrected chi connectivity index (χ4v) is 1.36. The van der Waals surface area contributed by atoms with Crippen molar-refractivity contribution in [2.75, 3.05) is 11.9 Å². The zero-order chi connectivity index (χ0) is 12.2. The largest absolute Gasteiger partial charge is 0.383 e. The molecule has 0 saturated heterocycles. The maximum atomic E-state index is 13.3. The van der Waals surface area contributed by atoms with Crippen LogP contribution in [0.3, 0.4) is 0 Å². The zero-order valence-corrected chi connectivity index (χ0v) is 10.1. The normalized spacial score (nSPS) is 10.9. The second kappa shape index (κ2) is 5.18. The van der Waals surface area contributed by atoms with Gasteiger partial charge in [-0.15, -0.1) is 0 Å². The molecule has 1 rings (SSSR count). The second-order valence-corrected chi connectivity index (χ2v) is 4.73. The van der Waals surface area contributed by atoms with Crippen molar-refractivity contribution < 1.29 is 4.39 Å². The van der Waals surface area contributed by atoms with Crippen molar-refractivity contribution in [2.24, 2.45) is 5.41 Å². The van der Waals surface area contributed by atoms with Crippen LogP contribution in [0, 0.1) is 22.6 Å². The molecule has 1 aromatic rings. The highest BCUT2D eigenvalue weighted by atomic mass is 35.5. The molecule has 0 spiro atoms. The fourth-order valence-electron chi connectivity index (χ4n) is 1.20. The molecule has 0 saturated carbocycles. The van der Waals surface area contributed by atoms with Gasteiger partial charge in [-0.1, -0.05) is 11.6 Å². The van der Waals surface area contributed by atoms with Crippen molar-refractivity contribution in [3.05, 3.63) is 29.0 Å². The van der Waals surface area contributed by atoms with Crippen molar-refractivity contribution >= 4 is 17.3 Å². The first-order valence-corrected chi connectivity index (χ1v) is 5.42. The van der Waals surface area contributed by atoms with Gasteiger partial charge in [0.2, 0.25) is 0 Å². The number of anilines is 1. The summed E-state index contributed by atoms with van der Waals surface area (Å²) in [6.45, 7) is 4.26. The third-order valence-corrected chi connectivity index (χ3v) is 2.53. The number of rotatable bonds is 4. The molecule has 16 heavy (non-hydrogen) atoms. The summed E-state index contributed by atoms with van der Waals surface area (Å²) in [7, 11) is 0. The van der Waals surface area contributed by atoms with Crippen molar-refractivity contribution in [1.29, 1.82) is 5.26 Å². The second-order valence-electron chi connectivity index (χ2n) is 4.30. The molecular formula is C12H14ClFN2. The number of hydrogen-bond acceptors (Lipinski definition) is 2. The Hall–Kier alpha value is -1.27. The van der Waals surface area contributed by atoms with Crippen LogP contribution in [0.1, 0.15) is 20.3 Å². The van der Waals surface area contributed by atoms with Gasteiger partial charge in [0.05, 0.1) is 17.2 Å². The summed E-state index contributed by atoms with van der Waals surface area (Å²) in [5.74, 6) is -0.373. The molecule has 0 radical (unpaired) electrons. The Bertz CT molecular complexity index is 410. The maximum Gasteiger partial charge on any atom is 0.147 e. The summed E-state index contributed by atoms with van der Waals surface area (Å²) in [5, 5.41) is 12.1. The molecule has 0 unspecified atom stereocenters. The van der Waals surface area contributed by atoms with Crippen LogP contribution in [-0.4, -0.2) is 6.54 Å². The topological polar surface area (TPSA) is 35.8 Å². The molecule has 0 aliphatic rings. The predicted molar refractivity (Wildman–Crippen MR) is 63.9 cm³/mol. The van der Waals surface area contributed by atoms with Crippen LogP contribution in [0.2, 0.25) is 5.02 Å². The summed E-state index contributed by atoms with van der Waals surface area (Å²) in [6.07, 6.45) is 0.658. The Kier molecular flexibility index (Phi) is 4.14. The molecule has 0 fully saturated rings. The van der Waals surface area contributed by atoms with E-state index in [0.717, 1.165) is 0 Å². The van der Waals surface area contributed by atoms with E-state index in [1.165, 1.54) is 6.07 Å². The molecule has 2 nitrogen and oxygen atoms in total. The summed E-state index contributed by atoms with van der Waals surface area (Å²) < 4.78 is 13.3. The average Bonchev–Trinajstić information content (AvgIpc) is 2.21. The number of nitrogens with zero attached hydrogens (tertiary/aromatic N) is 1. The quantitative estimate of drug-likeness (QED) is 0.868. The van der Waals surface area contributed by atoms with E-state index < -0.39 is 5.41 Å². The van der Waals surface area contributed by atoms with E-state index in [-0.39, 0.29) is 5.82 Å². The molecule has 0 aromatic heterocycles. The lowest BCUT2D eigenvalue weighted by molar-refractivity contribution is 0.466. The molecule has 0 atom stereocenters. The molecule has 4 heteroatoms. The zero-order valence-electron chi connectivity index (χ0n) is 9.35. The van der Waals surface area contributed by atoms with Gasteiger partial charge in [-0.05, 0) is 38.5 Å². The molecule has 0 heterocycles. The first kappa shape index (κ1) is 12.8. The monoisotopic (exact) mass is 240 g/mol. The standard InChI is InChI=1S/C12H14ClFN2/c1-12(2,8-15)5-6-16-11-4-3-9(13)7-10(11)14/h3-4,7,16H,5-6H2,1-2H3. The number of nitriles is 1. The van der Waals surface area contributed by atoms with Crippen LogP contribution >= 0.6 is 11.6 Å². The summed E-state index contributed by atoms with van der Waals surface area (Å²) >= 11 is 5.64. The van der Waals surface area contributed by atoms with Crippen LogP contribution in [0.5, 0.6) is 0 Å². The van der Waals surface area contributed by atoms with Gasteiger partial charge < -0.3 is 5.32 Å². The third kappa shape index (κ3) is 3.71. The minimum Gasteiger partial charge on any atom is -0.383 e. The van der Waals surface area contributed by atoms with E-state index in [4.69, 9.17) is 16.9 Å². The Morgan fingerprint density at radius 3 is 2.75 bits per heavy atom. The van der Waals surface area contributed by atoms with Gasteiger partial charge in [0.1, 0.15) is 5.82 Å². The first-order valence-electron chi connectivity index (χ1n) is 5.05. The third-order valence-electron chi connectivity index (χ3n) is 2.30. The van der Waals surface area contributed by atoms with Crippen molar-refractivity contribution in [1.82, 2.24) is 0 Å². The molecule has 0 aliphatic heterocycles. The van der Waals surface area contributed by atoms with Crippen LogP contribution in [-0.2, 0) is 0 Å². The first-order chi connectivity index (χ1) is 7.44. The van der Waals surface area contributed by atoms with Crippen molar-refractivity contribution in [3.63, 3.8) is 0 Å². The van der Waals surface area contributed by atoms with Gasteiger partial charge in [0, 0.05) is 11.6 Å². The van der Waals surface area contributed by atoms with E-state index in [2.05, 4.69) is 11.4 Å². The highest BCUT2D eigenvalue weighted by Crippen LogP contribution is 2.21. The highest BCUT2D eigenvalue weighted by Gasteiger charge is 2.15. The minimum atomic E-state index is -0.393. The molecule has 0 amide bonds. The van der Waals surface area contributed by atoms with E-state index in [0.29, 0.717) is 23.7 Å². The van der Waals surface area contributed by atoms with E-state index >= 15 is 0 Å². The maximum absolute atomic E-state index is 13.3. The lowest BCUT2D eigenvalue weighted by Gasteiger charge is -2.15. The van der Waals surface area contributed by atoms with Crippen molar-refractivity contribution in [2.45, 2.75) is 20.3 Å². The van der Waals surface area contributed by atoms with Gasteiger partial charge in [-0.25, -0.2) is 4.39 Å². The van der Waals surface area contributed by atoms with Crippen LogP contribution in [0.25, 0.3) is 0 Å². The Morgan fingerprint density at radius 1 is 1.50 bits per heavy atom. The lowest BCUT2D eigenvalue weighted by atomic mass is 9.91. The molecule has 0 bridgehead atoms. The molecular weight excluding hydrogens is 227 g/mol. The Labute approximate surface area is 100 Å². The van der Waals surface area contributed by atoms with Crippen molar-refractivity contribution in [3.8, 4) is 6.07 Å². The van der Waals surface area contributed by atoms with Crippen LogP contribution in [0.15, 0.2) is 18.2 Å².